The minimum absolute atomic E-state index is 0.721. The van der Waals surface area contributed by atoms with Crippen molar-refractivity contribution in [2.45, 2.75) is 6.42 Å². The summed E-state index contributed by atoms with van der Waals surface area (Å²) in [6, 6.07) is 59.1. The first-order chi connectivity index (χ1) is 24.8. The highest BCUT2D eigenvalue weighted by Crippen LogP contribution is 2.43. The van der Waals surface area contributed by atoms with Crippen LogP contribution in [0.3, 0.4) is 0 Å². The Labute approximate surface area is 288 Å². The lowest BCUT2D eigenvalue weighted by atomic mass is 10.00. The Morgan fingerprint density at radius 3 is 1.66 bits per heavy atom. The van der Waals surface area contributed by atoms with Crippen molar-refractivity contribution >= 4 is 59.6 Å². The first-order valence-electron chi connectivity index (χ1n) is 17.2. The van der Waals surface area contributed by atoms with Crippen LogP contribution in [0.1, 0.15) is 11.1 Å². The molecule has 0 saturated heterocycles. The first-order valence-corrected chi connectivity index (χ1v) is 17.2. The molecule has 0 radical (unpaired) electrons. The van der Waals surface area contributed by atoms with Crippen LogP contribution in [-0.4, -0.2) is 14.4 Å². The Bertz CT molecular complexity index is 2990. The van der Waals surface area contributed by atoms with E-state index >= 15 is 0 Å². The third-order valence-corrected chi connectivity index (χ3v) is 10.6. The SMILES string of the molecule is c1ccc(-c2cc(-c3ccc4c(c3)c3cccc5c6cccc7c6c6c(cccc6c6ccccc6n4c53)C7)nc(-c3ccccc3)n2)cc1. The Balaban J connectivity index is 1.28. The van der Waals surface area contributed by atoms with Crippen molar-refractivity contribution in [3.05, 3.63) is 175 Å². The van der Waals surface area contributed by atoms with E-state index in [0.717, 1.165) is 40.3 Å². The molecule has 0 atom stereocenters. The minimum Gasteiger partial charge on any atom is -0.308 e. The predicted molar refractivity (Wildman–Crippen MR) is 208 cm³/mol. The maximum atomic E-state index is 5.17. The summed E-state index contributed by atoms with van der Waals surface area (Å²) in [7, 11) is 0. The molecule has 7 aromatic carbocycles. The van der Waals surface area contributed by atoms with Crippen molar-refractivity contribution < 1.29 is 0 Å². The summed E-state index contributed by atoms with van der Waals surface area (Å²) in [5, 5.41) is 10.3. The molecule has 0 unspecified atom stereocenters. The van der Waals surface area contributed by atoms with E-state index in [-0.39, 0.29) is 0 Å². The smallest absolute Gasteiger partial charge is 0.160 e. The van der Waals surface area contributed by atoms with Gasteiger partial charge in [0.15, 0.2) is 5.82 Å². The van der Waals surface area contributed by atoms with Crippen LogP contribution in [0.15, 0.2) is 164 Å². The lowest BCUT2D eigenvalue weighted by Gasteiger charge is -2.10. The molecule has 0 spiro atoms. The van der Waals surface area contributed by atoms with E-state index in [9.17, 15) is 0 Å². The van der Waals surface area contributed by atoms with Gasteiger partial charge >= 0.3 is 0 Å². The van der Waals surface area contributed by atoms with Gasteiger partial charge in [-0.1, -0.05) is 140 Å². The van der Waals surface area contributed by atoms with Crippen LogP contribution < -0.4 is 0 Å². The second kappa shape index (κ2) is 10.5. The summed E-state index contributed by atoms with van der Waals surface area (Å²) < 4.78 is 2.50. The van der Waals surface area contributed by atoms with Crippen molar-refractivity contribution in [3.8, 4) is 33.9 Å². The van der Waals surface area contributed by atoms with Gasteiger partial charge in [0.1, 0.15) is 0 Å². The van der Waals surface area contributed by atoms with E-state index in [1.165, 1.54) is 70.8 Å². The van der Waals surface area contributed by atoms with Crippen LogP contribution in [-0.2, 0) is 6.42 Å². The van der Waals surface area contributed by atoms with Gasteiger partial charge in [0, 0.05) is 38.2 Å². The van der Waals surface area contributed by atoms with Crippen LogP contribution >= 0.6 is 0 Å². The Morgan fingerprint density at radius 2 is 0.920 bits per heavy atom. The Kier molecular flexibility index (Phi) is 5.73. The van der Waals surface area contributed by atoms with Gasteiger partial charge in [-0.15, -0.1) is 0 Å². The van der Waals surface area contributed by atoms with Crippen molar-refractivity contribution in [3.63, 3.8) is 0 Å². The molecule has 0 bridgehead atoms. The monoisotopic (exact) mass is 635 g/mol. The molecule has 1 aliphatic carbocycles. The van der Waals surface area contributed by atoms with Crippen LogP contribution in [0, 0.1) is 0 Å². The fraction of sp³-hybridized carbons (Fsp3) is 0.0213. The summed E-state index contributed by atoms with van der Waals surface area (Å²) in [5.41, 5.74) is 11.4. The molecule has 232 valence electrons. The fourth-order valence-electron chi connectivity index (χ4n) is 8.40. The molecule has 3 nitrogen and oxygen atoms in total. The van der Waals surface area contributed by atoms with E-state index < -0.39 is 0 Å². The topological polar surface area (TPSA) is 30.2 Å². The Hall–Kier alpha value is -6.58. The van der Waals surface area contributed by atoms with E-state index in [4.69, 9.17) is 9.97 Å². The van der Waals surface area contributed by atoms with E-state index in [2.05, 4.69) is 144 Å². The van der Waals surface area contributed by atoms with Crippen LogP contribution in [0.4, 0.5) is 0 Å². The summed E-state index contributed by atoms with van der Waals surface area (Å²) in [6.45, 7) is 0. The summed E-state index contributed by atoms with van der Waals surface area (Å²) in [6.07, 6.45) is 0.964. The number of nitrogens with zero attached hydrogens (tertiary/aromatic N) is 3. The van der Waals surface area contributed by atoms with Crippen molar-refractivity contribution in [1.82, 2.24) is 14.4 Å². The fourth-order valence-corrected chi connectivity index (χ4v) is 8.40. The largest absolute Gasteiger partial charge is 0.308 e. The highest BCUT2D eigenvalue weighted by Gasteiger charge is 2.21. The molecule has 11 rings (SSSR count). The normalized spacial score (nSPS) is 12.3. The van der Waals surface area contributed by atoms with Gasteiger partial charge in [0.25, 0.3) is 0 Å². The first kappa shape index (κ1) is 27.4. The van der Waals surface area contributed by atoms with Gasteiger partial charge in [-0.25, -0.2) is 9.97 Å². The highest BCUT2D eigenvalue weighted by molar-refractivity contribution is 6.27. The molecule has 1 aliphatic rings. The third-order valence-electron chi connectivity index (χ3n) is 10.6. The summed E-state index contributed by atoms with van der Waals surface area (Å²) >= 11 is 0. The van der Waals surface area contributed by atoms with E-state index in [0.29, 0.717) is 0 Å². The number of hydrogen-bond acceptors (Lipinski definition) is 2. The quantitative estimate of drug-likeness (QED) is 0.193. The molecular weight excluding hydrogens is 607 g/mol. The van der Waals surface area contributed by atoms with Crippen LogP contribution in [0.2, 0.25) is 0 Å². The van der Waals surface area contributed by atoms with E-state index in [1.807, 2.05) is 24.3 Å². The molecule has 0 saturated carbocycles. The minimum atomic E-state index is 0.721. The van der Waals surface area contributed by atoms with Gasteiger partial charge in [0.05, 0.1) is 27.9 Å². The predicted octanol–water partition coefficient (Wildman–Crippen LogP) is 12.0. The summed E-state index contributed by atoms with van der Waals surface area (Å²) in [4.78, 5) is 10.2. The zero-order chi connectivity index (χ0) is 32.8. The van der Waals surface area contributed by atoms with Crippen molar-refractivity contribution in [1.29, 1.82) is 0 Å². The second-order valence-electron chi connectivity index (χ2n) is 13.3. The summed E-state index contributed by atoms with van der Waals surface area (Å²) in [5.74, 6) is 0.721. The van der Waals surface area contributed by atoms with Gasteiger partial charge < -0.3 is 4.40 Å². The molecule has 10 aromatic rings. The third kappa shape index (κ3) is 3.92. The molecule has 0 fully saturated rings. The van der Waals surface area contributed by atoms with Crippen LogP contribution in [0.25, 0.3) is 93.5 Å². The van der Waals surface area contributed by atoms with Gasteiger partial charge in [0.2, 0.25) is 0 Å². The number of hydrogen-bond donors (Lipinski definition) is 0. The number of rotatable bonds is 3. The van der Waals surface area contributed by atoms with Crippen molar-refractivity contribution in [2.75, 3.05) is 0 Å². The van der Waals surface area contributed by atoms with Gasteiger partial charge in [-0.2, -0.15) is 0 Å². The molecule has 3 aromatic heterocycles. The number of aromatic nitrogens is 3. The van der Waals surface area contributed by atoms with Crippen LogP contribution in [0.5, 0.6) is 0 Å². The number of para-hydroxylation sites is 2. The van der Waals surface area contributed by atoms with E-state index in [1.54, 1.807) is 0 Å². The zero-order valence-electron chi connectivity index (χ0n) is 27.1. The molecule has 3 heterocycles. The molecule has 50 heavy (non-hydrogen) atoms. The average Bonchev–Trinajstić information content (AvgIpc) is 3.75. The number of fused-ring (bicyclic) bond motifs is 7. The average molecular weight is 636 g/mol. The Morgan fingerprint density at radius 1 is 0.380 bits per heavy atom. The molecule has 0 aliphatic heterocycles. The second-order valence-corrected chi connectivity index (χ2v) is 13.3. The number of benzene rings is 7. The van der Waals surface area contributed by atoms with Gasteiger partial charge in [-0.05, 0) is 63.4 Å². The van der Waals surface area contributed by atoms with Gasteiger partial charge in [-0.3, -0.25) is 0 Å². The lowest BCUT2D eigenvalue weighted by Crippen LogP contribution is -1.95. The highest BCUT2D eigenvalue weighted by atomic mass is 14.9. The molecule has 0 N–H and O–H groups in total. The molecule has 3 heteroatoms. The zero-order valence-corrected chi connectivity index (χ0v) is 27.1. The molecular formula is C47H29N3. The standard InChI is InChI=1S/C47H29N3/c1-3-12-29(13-4-1)40-28-41(49-47(48-40)30-14-5-2-6-15-30)31-24-25-43-39(27-31)38-22-11-21-37-36-20-10-17-33-26-32-16-9-19-35(44(32)45(33)36)34-18-7-8-23-42(34)50(43)46(37)38/h1-25,27-28H,26H2. The molecule has 0 amide bonds. The maximum absolute atomic E-state index is 5.17. The van der Waals surface area contributed by atoms with Crippen molar-refractivity contribution in [2.24, 2.45) is 0 Å². The maximum Gasteiger partial charge on any atom is 0.160 e. The lowest BCUT2D eigenvalue weighted by molar-refractivity contribution is 1.18.